The summed E-state index contributed by atoms with van der Waals surface area (Å²) < 4.78 is 26.8. The molecule has 0 heterocycles. The molecule has 2 rings (SSSR count). The molecule has 0 bridgehead atoms. The van der Waals surface area contributed by atoms with E-state index in [0.717, 1.165) is 18.7 Å². The van der Waals surface area contributed by atoms with Crippen molar-refractivity contribution in [3.05, 3.63) is 24.3 Å². The van der Waals surface area contributed by atoms with Gasteiger partial charge in [0.25, 0.3) is 0 Å². The standard InChI is InChI=1S/C14H22N2O2S2/c1-3-10-16-20(17,18)13-6-4-12(5-7-13)15-11-14(19-2)8-9-14/h4-7,15-16H,3,8-11H2,1-2H3. The summed E-state index contributed by atoms with van der Waals surface area (Å²) in [7, 11) is -3.36. The van der Waals surface area contributed by atoms with Gasteiger partial charge >= 0.3 is 0 Å². The van der Waals surface area contributed by atoms with Crippen LogP contribution in [0.2, 0.25) is 0 Å². The maximum absolute atomic E-state index is 11.9. The van der Waals surface area contributed by atoms with Crippen LogP contribution in [-0.4, -0.2) is 32.5 Å². The third-order valence-electron chi connectivity index (χ3n) is 3.56. The lowest BCUT2D eigenvalue weighted by atomic mass is 10.3. The lowest BCUT2D eigenvalue weighted by Crippen LogP contribution is -2.24. The minimum absolute atomic E-state index is 0.322. The molecule has 0 amide bonds. The highest BCUT2D eigenvalue weighted by Gasteiger charge is 2.41. The number of thioether (sulfide) groups is 1. The van der Waals surface area contributed by atoms with Gasteiger partial charge in [0.2, 0.25) is 10.0 Å². The average Bonchev–Trinajstić information content (AvgIpc) is 3.24. The summed E-state index contributed by atoms with van der Waals surface area (Å²) in [6.45, 7) is 3.35. The molecule has 1 aromatic rings. The van der Waals surface area contributed by atoms with Gasteiger partial charge in [-0.25, -0.2) is 13.1 Å². The summed E-state index contributed by atoms with van der Waals surface area (Å²) in [4.78, 5) is 0.322. The summed E-state index contributed by atoms with van der Waals surface area (Å²) in [5.41, 5.74) is 0.972. The fourth-order valence-electron chi connectivity index (χ4n) is 1.93. The van der Waals surface area contributed by atoms with E-state index in [1.54, 1.807) is 12.1 Å². The van der Waals surface area contributed by atoms with Gasteiger partial charge in [-0.05, 0) is 49.8 Å². The molecule has 2 N–H and O–H groups in total. The molecule has 0 aliphatic heterocycles. The smallest absolute Gasteiger partial charge is 0.240 e. The second kappa shape index (κ2) is 6.37. The SMILES string of the molecule is CCCNS(=O)(=O)c1ccc(NCC2(SC)CC2)cc1. The molecule has 1 aliphatic rings. The Morgan fingerprint density at radius 3 is 2.40 bits per heavy atom. The summed E-state index contributed by atoms with van der Waals surface area (Å²) >= 11 is 1.91. The van der Waals surface area contributed by atoms with Crippen molar-refractivity contribution in [1.29, 1.82) is 0 Å². The van der Waals surface area contributed by atoms with E-state index >= 15 is 0 Å². The van der Waals surface area contributed by atoms with Gasteiger partial charge in [0.05, 0.1) is 4.90 Å². The lowest BCUT2D eigenvalue weighted by Gasteiger charge is -2.14. The monoisotopic (exact) mass is 314 g/mol. The van der Waals surface area contributed by atoms with E-state index in [4.69, 9.17) is 0 Å². The van der Waals surface area contributed by atoms with Crippen molar-refractivity contribution in [3.8, 4) is 0 Å². The van der Waals surface area contributed by atoms with E-state index in [0.29, 0.717) is 16.2 Å². The summed E-state index contributed by atoms with van der Waals surface area (Å²) in [6, 6.07) is 6.96. The molecule has 0 unspecified atom stereocenters. The van der Waals surface area contributed by atoms with Gasteiger partial charge in [0, 0.05) is 23.5 Å². The Balaban J connectivity index is 1.96. The maximum Gasteiger partial charge on any atom is 0.240 e. The van der Waals surface area contributed by atoms with Crippen LogP contribution < -0.4 is 10.0 Å². The van der Waals surface area contributed by atoms with Crippen LogP contribution in [0.1, 0.15) is 26.2 Å². The van der Waals surface area contributed by atoms with Gasteiger partial charge in [0.1, 0.15) is 0 Å². The van der Waals surface area contributed by atoms with Gasteiger partial charge in [-0.15, -0.1) is 0 Å². The molecular weight excluding hydrogens is 292 g/mol. The number of benzene rings is 1. The Labute approximate surface area is 125 Å². The first kappa shape index (κ1) is 15.7. The van der Waals surface area contributed by atoms with E-state index < -0.39 is 10.0 Å². The summed E-state index contributed by atoms with van der Waals surface area (Å²) in [5.74, 6) is 0. The molecule has 112 valence electrons. The molecule has 0 atom stereocenters. The molecule has 20 heavy (non-hydrogen) atoms. The highest BCUT2D eigenvalue weighted by atomic mass is 32.2. The van der Waals surface area contributed by atoms with Crippen molar-refractivity contribution < 1.29 is 8.42 Å². The Kier molecular flexibility index (Phi) is 4.99. The van der Waals surface area contributed by atoms with Crippen molar-refractivity contribution in [2.75, 3.05) is 24.7 Å². The van der Waals surface area contributed by atoms with Gasteiger partial charge in [0.15, 0.2) is 0 Å². The van der Waals surface area contributed by atoms with E-state index in [1.807, 2.05) is 30.8 Å². The quantitative estimate of drug-likeness (QED) is 0.774. The molecule has 4 nitrogen and oxygen atoms in total. The highest BCUT2D eigenvalue weighted by Crippen LogP contribution is 2.47. The third kappa shape index (κ3) is 3.90. The Morgan fingerprint density at radius 2 is 1.90 bits per heavy atom. The van der Waals surface area contributed by atoms with E-state index in [1.165, 1.54) is 12.8 Å². The van der Waals surface area contributed by atoms with Crippen LogP contribution in [-0.2, 0) is 10.0 Å². The van der Waals surface area contributed by atoms with Gasteiger partial charge in [-0.1, -0.05) is 6.92 Å². The van der Waals surface area contributed by atoms with Crippen LogP contribution in [0.25, 0.3) is 0 Å². The summed E-state index contributed by atoms with van der Waals surface area (Å²) in [6.07, 6.45) is 5.45. The molecule has 1 fully saturated rings. The number of hydrogen-bond donors (Lipinski definition) is 2. The Hall–Kier alpha value is -0.720. The van der Waals surface area contributed by atoms with Crippen LogP contribution in [0.15, 0.2) is 29.2 Å². The van der Waals surface area contributed by atoms with E-state index in [-0.39, 0.29) is 0 Å². The lowest BCUT2D eigenvalue weighted by molar-refractivity contribution is 0.581. The number of hydrogen-bond acceptors (Lipinski definition) is 4. The molecule has 0 spiro atoms. The molecule has 1 aliphatic carbocycles. The first-order chi connectivity index (χ1) is 9.51. The van der Waals surface area contributed by atoms with Gasteiger partial charge < -0.3 is 5.32 Å². The number of nitrogens with one attached hydrogen (secondary N) is 2. The minimum atomic E-state index is -3.36. The molecular formula is C14H22N2O2S2. The molecule has 1 aromatic carbocycles. The zero-order valence-electron chi connectivity index (χ0n) is 12.0. The maximum atomic E-state index is 11.9. The largest absolute Gasteiger partial charge is 0.384 e. The van der Waals surface area contributed by atoms with Crippen molar-refractivity contribution >= 4 is 27.5 Å². The first-order valence-corrected chi connectivity index (χ1v) is 9.61. The minimum Gasteiger partial charge on any atom is -0.384 e. The van der Waals surface area contributed by atoms with Crippen LogP contribution >= 0.6 is 11.8 Å². The second-order valence-corrected chi connectivity index (χ2v) is 8.20. The van der Waals surface area contributed by atoms with Crippen molar-refractivity contribution in [2.24, 2.45) is 0 Å². The van der Waals surface area contributed by atoms with Crippen molar-refractivity contribution in [3.63, 3.8) is 0 Å². The topological polar surface area (TPSA) is 58.2 Å². The molecule has 6 heteroatoms. The zero-order valence-corrected chi connectivity index (χ0v) is 13.6. The van der Waals surface area contributed by atoms with E-state index in [9.17, 15) is 8.42 Å². The zero-order chi connectivity index (χ0) is 14.6. The van der Waals surface area contributed by atoms with Crippen LogP contribution in [0.4, 0.5) is 5.69 Å². The molecule has 0 aromatic heterocycles. The predicted octanol–water partition coefficient (Wildman–Crippen LogP) is 2.68. The first-order valence-electron chi connectivity index (χ1n) is 6.90. The fourth-order valence-corrected chi connectivity index (χ4v) is 3.79. The Bertz CT molecular complexity index is 537. The number of sulfonamides is 1. The van der Waals surface area contributed by atoms with Crippen LogP contribution in [0.3, 0.4) is 0 Å². The van der Waals surface area contributed by atoms with Crippen LogP contribution in [0.5, 0.6) is 0 Å². The van der Waals surface area contributed by atoms with Gasteiger partial charge in [-0.2, -0.15) is 11.8 Å². The predicted molar refractivity (Wildman–Crippen MR) is 85.9 cm³/mol. The number of rotatable bonds is 8. The van der Waals surface area contributed by atoms with Crippen LogP contribution in [0, 0.1) is 0 Å². The molecule has 0 saturated heterocycles. The molecule has 1 saturated carbocycles. The second-order valence-electron chi connectivity index (χ2n) is 5.16. The van der Waals surface area contributed by atoms with Gasteiger partial charge in [-0.3, -0.25) is 0 Å². The molecule has 0 radical (unpaired) electrons. The third-order valence-corrected chi connectivity index (χ3v) is 6.46. The Morgan fingerprint density at radius 1 is 1.25 bits per heavy atom. The fraction of sp³-hybridized carbons (Fsp3) is 0.571. The average molecular weight is 314 g/mol. The van der Waals surface area contributed by atoms with Crippen molar-refractivity contribution in [2.45, 2.75) is 35.8 Å². The van der Waals surface area contributed by atoms with Crippen molar-refractivity contribution in [1.82, 2.24) is 4.72 Å². The number of anilines is 1. The summed E-state index contributed by atoms with van der Waals surface area (Å²) in [5, 5.41) is 3.38. The normalized spacial score (nSPS) is 16.9. The highest BCUT2D eigenvalue weighted by molar-refractivity contribution is 8.00. The van der Waals surface area contributed by atoms with E-state index in [2.05, 4.69) is 16.3 Å².